The van der Waals surface area contributed by atoms with Crippen LogP contribution in [0.3, 0.4) is 0 Å². The first-order valence-electron chi connectivity index (χ1n) is 5.73. The maximum Gasteiger partial charge on any atom is 0.305 e. The lowest BCUT2D eigenvalue weighted by molar-refractivity contribution is 0.325. The van der Waals surface area contributed by atoms with E-state index in [-0.39, 0.29) is 10.8 Å². The standard InChI is InChI=1S/C13H8BrNO2S2/c14-7-1-2-9-8(3-7)10-6(4-17-9)5-18-12-11(10)19-13(16)15-12/h1-3,5,10H,4H2,(H,15,16). The first-order valence-corrected chi connectivity index (χ1v) is 8.22. The van der Waals surface area contributed by atoms with Crippen molar-refractivity contribution in [1.29, 1.82) is 0 Å². The Bertz CT molecular complexity index is 762. The predicted octanol–water partition coefficient (Wildman–Crippen LogP) is 3.71. The van der Waals surface area contributed by atoms with Gasteiger partial charge in [-0.3, -0.25) is 4.79 Å². The number of halogens is 1. The van der Waals surface area contributed by atoms with Gasteiger partial charge in [-0.05, 0) is 29.2 Å². The molecular weight excluding hydrogens is 346 g/mol. The lowest BCUT2D eigenvalue weighted by atomic mass is 9.88. The minimum Gasteiger partial charge on any atom is -0.489 e. The molecule has 2 aliphatic rings. The molecule has 4 rings (SSSR count). The monoisotopic (exact) mass is 353 g/mol. The van der Waals surface area contributed by atoms with Gasteiger partial charge in [0.1, 0.15) is 12.4 Å². The van der Waals surface area contributed by atoms with Crippen molar-refractivity contribution in [1.82, 2.24) is 4.98 Å². The van der Waals surface area contributed by atoms with E-state index in [1.54, 1.807) is 11.8 Å². The number of fused-ring (bicyclic) bond motifs is 5. The number of hydrogen-bond donors (Lipinski definition) is 1. The number of aromatic nitrogens is 1. The molecule has 0 spiro atoms. The van der Waals surface area contributed by atoms with Crippen molar-refractivity contribution in [2.45, 2.75) is 10.9 Å². The zero-order valence-corrected chi connectivity index (χ0v) is 12.8. The summed E-state index contributed by atoms with van der Waals surface area (Å²) in [7, 11) is 0. The van der Waals surface area contributed by atoms with Crippen LogP contribution in [0.1, 0.15) is 16.4 Å². The van der Waals surface area contributed by atoms with E-state index in [9.17, 15) is 4.79 Å². The fourth-order valence-corrected chi connectivity index (χ4v) is 4.93. The third-order valence-electron chi connectivity index (χ3n) is 3.28. The third kappa shape index (κ3) is 1.81. The van der Waals surface area contributed by atoms with Gasteiger partial charge in [-0.2, -0.15) is 0 Å². The van der Waals surface area contributed by atoms with Crippen LogP contribution in [-0.4, -0.2) is 11.6 Å². The molecule has 0 aliphatic carbocycles. The predicted molar refractivity (Wildman–Crippen MR) is 80.4 cm³/mol. The Kier molecular flexibility index (Phi) is 2.65. The fraction of sp³-hybridized carbons (Fsp3) is 0.154. The largest absolute Gasteiger partial charge is 0.489 e. The maximum absolute atomic E-state index is 11.6. The average molecular weight is 354 g/mol. The SMILES string of the molecule is O=c1[nH]c2c(s1)C1C(=CS2)COc2ccc(Br)cc21. The van der Waals surface area contributed by atoms with Crippen LogP contribution >= 0.6 is 39.0 Å². The lowest BCUT2D eigenvalue weighted by Crippen LogP contribution is -2.19. The van der Waals surface area contributed by atoms with Gasteiger partial charge >= 0.3 is 4.87 Å². The Labute approximate surface area is 125 Å². The van der Waals surface area contributed by atoms with Gasteiger partial charge in [0, 0.05) is 16.0 Å². The maximum atomic E-state index is 11.6. The van der Waals surface area contributed by atoms with E-state index in [1.807, 2.05) is 12.1 Å². The number of aromatic amines is 1. The highest BCUT2D eigenvalue weighted by Gasteiger charge is 2.33. The highest BCUT2D eigenvalue weighted by molar-refractivity contribution is 9.10. The second-order valence-corrected chi connectivity index (χ2v) is 7.23. The summed E-state index contributed by atoms with van der Waals surface area (Å²) < 4.78 is 6.81. The van der Waals surface area contributed by atoms with E-state index >= 15 is 0 Å². The van der Waals surface area contributed by atoms with E-state index in [2.05, 4.69) is 32.4 Å². The molecule has 0 amide bonds. The average Bonchev–Trinajstić information content (AvgIpc) is 2.78. The minimum absolute atomic E-state index is 0.00943. The van der Waals surface area contributed by atoms with Gasteiger partial charge in [0.05, 0.1) is 9.90 Å². The van der Waals surface area contributed by atoms with Gasteiger partial charge in [0.25, 0.3) is 0 Å². The molecule has 1 unspecified atom stereocenters. The molecule has 2 aliphatic heterocycles. The molecule has 19 heavy (non-hydrogen) atoms. The highest BCUT2D eigenvalue weighted by atomic mass is 79.9. The van der Waals surface area contributed by atoms with Crippen molar-refractivity contribution in [2.75, 3.05) is 6.61 Å². The van der Waals surface area contributed by atoms with E-state index in [0.717, 1.165) is 25.7 Å². The molecule has 1 aromatic carbocycles. The van der Waals surface area contributed by atoms with Gasteiger partial charge in [-0.15, -0.1) is 0 Å². The topological polar surface area (TPSA) is 42.1 Å². The second kappa shape index (κ2) is 4.26. The number of ether oxygens (including phenoxy) is 1. The molecule has 0 fully saturated rings. The molecule has 6 heteroatoms. The summed E-state index contributed by atoms with van der Waals surface area (Å²) in [6.45, 7) is 0.595. The zero-order valence-electron chi connectivity index (χ0n) is 9.60. The summed E-state index contributed by atoms with van der Waals surface area (Å²) in [4.78, 5) is 15.6. The van der Waals surface area contributed by atoms with Crippen molar-refractivity contribution in [3.63, 3.8) is 0 Å². The lowest BCUT2D eigenvalue weighted by Gasteiger charge is -2.30. The second-order valence-electron chi connectivity index (χ2n) is 4.42. The Hall–Kier alpha value is -0.980. The minimum atomic E-state index is 0.00943. The fourth-order valence-electron chi connectivity index (χ4n) is 2.47. The van der Waals surface area contributed by atoms with Gasteiger partial charge < -0.3 is 9.72 Å². The van der Waals surface area contributed by atoms with Crippen molar-refractivity contribution in [3.05, 3.63) is 53.8 Å². The van der Waals surface area contributed by atoms with Crippen LogP contribution in [0.2, 0.25) is 0 Å². The van der Waals surface area contributed by atoms with Crippen LogP contribution < -0.4 is 9.61 Å². The van der Waals surface area contributed by atoms with Crippen LogP contribution in [0, 0.1) is 0 Å². The van der Waals surface area contributed by atoms with E-state index in [4.69, 9.17) is 4.74 Å². The Balaban J connectivity index is 1.97. The summed E-state index contributed by atoms with van der Waals surface area (Å²) in [6.07, 6.45) is 0. The number of H-pyrrole nitrogens is 1. The number of thioether (sulfide) groups is 1. The highest BCUT2D eigenvalue weighted by Crippen LogP contribution is 2.49. The first-order chi connectivity index (χ1) is 9.22. The van der Waals surface area contributed by atoms with Crippen LogP contribution in [0.25, 0.3) is 0 Å². The smallest absolute Gasteiger partial charge is 0.305 e. The van der Waals surface area contributed by atoms with E-state index < -0.39 is 0 Å². The summed E-state index contributed by atoms with van der Waals surface area (Å²) in [5.41, 5.74) is 2.35. The van der Waals surface area contributed by atoms with Gasteiger partial charge in [-0.25, -0.2) is 0 Å². The molecule has 0 radical (unpaired) electrons. The summed E-state index contributed by atoms with van der Waals surface area (Å²) in [5.74, 6) is 1.06. The van der Waals surface area contributed by atoms with Crippen molar-refractivity contribution < 1.29 is 4.74 Å². The molecule has 3 heterocycles. The molecule has 1 atom stereocenters. The normalized spacial score (nSPS) is 19.8. The summed E-state index contributed by atoms with van der Waals surface area (Å²) in [5, 5.41) is 3.07. The Morgan fingerprint density at radius 2 is 2.32 bits per heavy atom. The summed E-state index contributed by atoms with van der Waals surface area (Å²) in [6, 6.07) is 6.04. The first kappa shape index (κ1) is 11.8. The van der Waals surface area contributed by atoms with Crippen LogP contribution in [-0.2, 0) is 0 Å². The van der Waals surface area contributed by atoms with E-state index in [1.165, 1.54) is 16.9 Å². The Morgan fingerprint density at radius 3 is 3.21 bits per heavy atom. The number of thiazole rings is 1. The van der Waals surface area contributed by atoms with E-state index in [0.29, 0.717) is 6.61 Å². The molecule has 96 valence electrons. The van der Waals surface area contributed by atoms with Gasteiger partial charge in [-0.1, -0.05) is 39.0 Å². The Morgan fingerprint density at radius 1 is 1.42 bits per heavy atom. The van der Waals surface area contributed by atoms with Gasteiger partial charge in [0.2, 0.25) is 0 Å². The van der Waals surface area contributed by atoms with Crippen LogP contribution in [0.5, 0.6) is 5.75 Å². The van der Waals surface area contributed by atoms with Crippen LogP contribution in [0.15, 0.2) is 43.5 Å². The van der Waals surface area contributed by atoms with Gasteiger partial charge in [0.15, 0.2) is 0 Å². The zero-order chi connectivity index (χ0) is 13.0. The number of benzene rings is 1. The molecule has 1 aromatic heterocycles. The molecule has 0 saturated carbocycles. The van der Waals surface area contributed by atoms with Crippen molar-refractivity contribution in [3.8, 4) is 5.75 Å². The molecule has 0 saturated heterocycles. The molecule has 0 bridgehead atoms. The third-order valence-corrected chi connectivity index (χ3v) is 5.83. The molecule has 3 nitrogen and oxygen atoms in total. The number of nitrogens with one attached hydrogen (secondary N) is 1. The molecular formula is C13H8BrNO2S2. The quantitative estimate of drug-likeness (QED) is 0.784. The molecule has 2 aromatic rings. The van der Waals surface area contributed by atoms with Crippen LogP contribution in [0.4, 0.5) is 0 Å². The van der Waals surface area contributed by atoms with Crippen molar-refractivity contribution in [2.24, 2.45) is 0 Å². The number of hydrogen-bond acceptors (Lipinski definition) is 4. The summed E-state index contributed by atoms with van der Waals surface area (Å²) >= 11 is 6.38. The van der Waals surface area contributed by atoms with Crippen molar-refractivity contribution >= 4 is 39.0 Å². The number of rotatable bonds is 0. The molecule has 1 N–H and O–H groups in total.